The van der Waals surface area contributed by atoms with Crippen LogP contribution in [0.25, 0.3) is 20.2 Å². The molecule has 0 unspecified atom stereocenters. The second-order valence-corrected chi connectivity index (χ2v) is 4.26. The van der Waals surface area contributed by atoms with E-state index in [1.54, 1.807) is 11.3 Å². The van der Waals surface area contributed by atoms with Gasteiger partial charge in [0.2, 0.25) is 0 Å². The molecule has 14 heavy (non-hydrogen) atoms. The van der Waals surface area contributed by atoms with E-state index in [1.165, 1.54) is 15.5 Å². The van der Waals surface area contributed by atoms with Gasteiger partial charge >= 0.3 is 0 Å². The molecule has 0 aliphatic heterocycles. The first-order chi connectivity index (χ1) is 6.84. The molecule has 0 saturated carbocycles. The van der Waals surface area contributed by atoms with E-state index in [1.807, 2.05) is 18.2 Å². The number of hydrogen-bond donors (Lipinski definition) is 1. The summed E-state index contributed by atoms with van der Waals surface area (Å²) in [6, 6.07) is 16.1. The standard InChI is InChI=1S/C12H7NS/c13-8-5-6-10-9-3-1-2-4-11(9)14-12(10)7-8/h1,3,5-7H,13H2. The highest BCUT2D eigenvalue weighted by Gasteiger charge is 2.03. The van der Waals surface area contributed by atoms with Crippen LogP contribution in [0.15, 0.2) is 30.3 Å². The van der Waals surface area contributed by atoms with Crippen molar-refractivity contribution >= 4 is 37.2 Å². The Labute approximate surface area is 85.8 Å². The summed E-state index contributed by atoms with van der Waals surface area (Å²) in [5.74, 6) is 0. The van der Waals surface area contributed by atoms with Gasteiger partial charge in [-0.2, -0.15) is 0 Å². The van der Waals surface area contributed by atoms with Crippen molar-refractivity contribution in [3.63, 3.8) is 0 Å². The number of nitrogen functional groups attached to an aromatic ring is 1. The summed E-state index contributed by atoms with van der Waals surface area (Å²) in [5.41, 5.74) is 6.55. The average molecular weight is 197 g/mol. The number of thiophene rings is 1. The van der Waals surface area contributed by atoms with Crippen molar-refractivity contribution in [2.45, 2.75) is 0 Å². The highest BCUT2D eigenvalue weighted by atomic mass is 32.1. The van der Waals surface area contributed by atoms with Crippen molar-refractivity contribution in [2.75, 3.05) is 5.73 Å². The molecule has 1 aromatic heterocycles. The van der Waals surface area contributed by atoms with E-state index in [4.69, 9.17) is 5.73 Å². The Kier molecular flexibility index (Phi) is 1.44. The zero-order valence-corrected chi connectivity index (χ0v) is 8.19. The third-order valence-electron chi connectivity index (χ3n) is 2.27. The molecule has 0 spiro atoms. The van der Waals surface area contributed by atoms with Crippen molar-refractivity contribution in [3.05, 3.63) is 42.5 Å². The molecule has 1 nitrogen and oxygen atoms in total. The van der Waals surface area contributed by atoms with Gasteiger partial charge in [0.05, 0.1) is 4.70 Å². The Morgan fingerprint density at radius 2 is 2.07 bits per heavy atom. The van der Waals surface area contributed by atoms with E-state index in [-0.39, 0.29) is 0 Å². The number of nitrogens with two attached hydrogens (primary N) is 1. The molecule has 1 heterocycles. The monoisotopic (exact) mass is 197 g/mol. The minimum absolute atomic E-state index is 0.813. The maximum atomic E-state index is 5.73. The number of fused-ring (bicyclic) bond motifs is 3. The Balaban J connectivity index is 2.57. The van der Waals surface area contributed by atoms with Gasteiger partial charge in [-0.05, 0) is 24.3 Å². The van der Waals surface area contributed by atoms with Crippen LogP contribution in [-0.2, 0) is 0 Å². The van der Waals surface area contributed by atoms with Crippen LogP contribution in [0.5, 0.6) is 0 Å². The first kappa shape index (κ1) is 7.66. The SMILES string of the molecule is Nc1ccc2c(c1)sc1c#cccc12. The van der Waals surface area contributed by atoms with Crippen LogP contribution in [-0.4, -0.2) is 0 Å². The van der Waals surface area contributed by atoms with Gasteiger partial charge in [-0.3, -0.25) is 0 Å². The maximum Gasteiger partial charge on any atom is 0.0857 e. The van der Waals surface area contributed by atoms with Crippen LogP contribution in [0, 0.1) is 12.1 Å². The van der Waals surface area contributed by atoms with Gasteiger partial charge in [0.25, 0.3) is 0 Å². The van der Waals surface area contributed by atoms with Crippen LogP contribution in [0.4, 0.5) is 5.69 Å². The predicted molar refractivity (Wildman–Crippen MR) is 61.4 cm³/mol. The maximum absolute atomic E-state index is 5.73. The molecule has 2 heteroatoms. The Morgan fingerprint density at radius 3 is 3.00 bits per heavy atom. The third-order valence-corrected chi connectivity index (χ3v) is 3.36. The molecule has 3 aromatic rings. The minimum atomic E-state index is 0.813. The molecule has 3 rings (SSSR count). The largest absolute Gasteiger partial charge is 0.399 e. The number of benzene rings is 1. The van der Waals surface area contributed by atoms with E-state index in [0.717, 1.165) is 10.4 Å². The lowest BCUT2D eigenvalue weighted by Crippen LogP contribution is -1.80. The summed E-state index contributed by atoms with van der Waals surface area (Å²) in [6.07, 6.45) is 0. The molecule has 0 fully saturated rings. The fraction of sp³-hybridized carbons (Fsp3) is 0. The molecule has 0 atom stereocenters. The highest BCUT2D eigenvalue weighted by molar-refractivity contribution is 7.25. The van der Waals surface area contributed by atoms with Gasteiger partial charge in [0, 0.05) is 21.2 Å². The Bertz CT molecular complexity index is 610. The fourth-order valence-electron chi connectivity index (χ4n) is 1.62. The van der Waals surface area contributed by atoms with E-state index in [0.29, 0.717) is 0 Å². The van der Waals surface area contributed by atoms with Gasteiger partial charge in [-0.15, -0.1) is 11.3 Å². The summed E-state index contributed by atoms with van der Waals surface area (Å²) >= 11 is 1.71. The van der Waals surface area contributed by atoms with Crippen molar-refractivity contribution in [2.24, 2.45) is 0 Å². The molecule has 0 saturated heterocycles. The molecular formula is C12H7NS. The number of rotatable bonds is 0. The Hall–Kier alpha value is -1.72. The smallest absolute Gasteiger partial charge is 0.0857 e. The molecule has 2 N–H and O–H groups in total. The van der Waals surface area contributed by atoms with Crippen LogP contribution in [0.3, 0.4) is 0 Å². The quantitative estimate of drug-likeness (QED) is 0.550. The highest BCUT2D eigenvalue weighted by Crippen LogP contribution is 2.33. The van der Waals surface area contributed by atoms with Gasteiger partial charge in [-0.1, -0.05) is 18.2 Å². The molecule has 66 valence electrons. The first-order valence-electron chi connectivity index (χ1n) is 4.35. The summed E-state index contributed by atoms with van der Waals surface area (Å²) in [7, 11) is 0. The zero-order valence-electron chi connectivity index (χ0n) is 7.37. The second-order valence-electron chi connectivity index (χ2n) is 3.20. The van der Waals surface area contributed by atoms with Gasteiger partial charge in [0.1, 0.15) is 0 Å². The van der Waals surface area contributed by atoms with Gasteiger partial charge < -0.3 is 5.73 Å². The number of hydrogen-bond acceptors (Lipinski definition) is 2. The average Bonchev–Trinajstić information content (AvgIpc) is 2.54. The summed E-state index contributed by atoms with van der Waals surface area (Å²) < 4.78 is 2.36. The topological polar surface area (TPSA) is 26.0 Å². The molecular weight excluding hydrogens is 190 g/mol. The van der Waals surface area contributed by atoms with Crippen molar-refractivity contribution in [3.8, 4) is 0 Å². The van der Waals surface area contributed by atoms with Crippen molar-refractivity contribution in [1.82, 2.24) is 0 Å². The summed E-state index contributed by atoms with van der Waals surface area (Å²) in [5, 5.41) is 2.49. The lowest BCUT2D eigenvalue weighted by molar-refractivity contribution is 1.79. The summed E-state index contributed by atoms with van der Waals surface area (Å²) in [4.78, 5) is 0. The lowest BCUT2D eigenvalue weighted by Gasteiger charge is -1.91. The van der Waals surface area contributed by atoms with Gasteiger partial charge in [0.15, 0.2) is 0 Å². The van der Waals surface area contributed by atoms with E-state index in [9.17, 15) is 0 Å². The second kappa shape index (κ2) is 2.63. The molecule has 0 aliphatic carbocycles. The van der Waals surface area contributed by atoms with E-state index in [2.05, 4.69) is 24.3 Å². The first-order valence-corrected chi connectivity index (χ1v) is 5.16. The van der Waals surface area contributed by atoms with Crippen molar-refractivity contribution in [1.29, 1.82) is 0 Å². The molecule has 0 aliphatic rings. The van der Waals surface area contributed by atoms with Crippen LogP contribution in [0.2, 0.25) is 0 Å². The van der Waals surface area contributed by atoms with Crippen LogP contribution < -0.4 is 5.73 Å². The third kappa shape index (κ3) is 0.966. The summed E-state index contributed by atoms with van der Waals surface area (Å²) in [6.45, 7) is 0. The normalized spacial score (nSPS) is 10.6. The molecule has 0 radical (unpaired) electrons. The van der Waals surface area contributed by atoms with Crippen LogP contribution in [0.1, 0.15) is 0 Å². The molecule has 0 amide bonds. The van der Waals surface area contributed by atoms with E-state index >= 15 is 0 Å². The predicted octanol–water partition coefficient (Wildman–Crippen LogP) is 3.24. The molecule has 0 bridgehead atoms. The zero-order chi connectivity index (χ0) is 9.54. The van der Waals surface area contributed by atoms with Crippen molar-refractivity contribution < 1.29 is 0 Å². The minimum Gasteiger partial charge on any atom is -0.399 e. The van der Waals surface area contributed by atoms with Gasteiger partial charge in [-0.25, -0.2) is 0 Å². The lowest BCUT2D eigenvalue weighted by atomic mass is 10.2. The molecule has 2 aromatic carbocycles. The Morgan fingerprint density at radius 1 is 1.14 bits per heavy atom. The van der Waals surface area contributed by atoms with E-state index < -0.39 is 0 Å². The fourth-order valence-corrected chi connectivity index (χ4v) is 2.72. The van der Waals surface area contributed by atoms with Crippen LogP contribution >= 0.6 is 11.3 Å². The number of anilines is 1.